The number of likely N-dealkylation sites (tertiary alicyclic amines) is 2. The number of amides is 1. The molecule has 2 fully saturated rings. The molecule has 2 aliphatic rings. The van der Waals surface area contributed by atoms with E-state index in [4.69, 9.17) is 9.84 Å². The van der Waals surface area contributed by atoms with E-state index in [-0.39, 0.29) is 24.7 Å². The van der Waals surface area contributed by atoms with Crippen LogP contribution in [0.5, 0.6) is 0 Å². The van der Waals surface area contributed by atoms with Crippen molar-refractivity contribution in [1.82, 2.24) is 9.80 Å². The number of carbonyl (C=O) groups is 1. The normalized spacial score (nSPS) is 25.0. The van der Waals surface area contributed by atoms with E-state index in [9.17, 15) is 9.90 Å². The maximum atomic E-state index is 12.1. The molecule has 2 rings (SSSR count). The van der Waals surface area contributed by atoms with Crippen LogP contribution in [0, 0.1) is 11.8 Å². The highest BCUT2D eigenvalue weighted by molar-refractivity contribution is 5.68. The Hall–Kier alpha value is -0.850. The molecule has 24 heavy (non-hydrogen) atoms. The van der Waals surface area contributed by atoms with Crippen LogP contribution in [0.3, 0.4) is 0 Å². The highest BCUT2D eigenvalue weighted by Gasteiger charge is 2.32. The van der Waals surface area contributed by atoms with Gasteiger partial charge in [0.1, 0.15) is 5.60 Å². The molecule has 0 aromatic heterocycles. The Morgan fingerprint density at radius 2 is 1.88 bits per heavy atom. The first-order valence-corrected chi connectivity index (χ1v) is 9.27. The van der Waals surface area contributed by atoms with E-state index in [2.05, 4.69) is 4.90 Å². The minimum Gasteiger partial charge on any atom is -0.444 e. The quantitative estimate of drug-likeness (QED) is 0.795. The number of ether oxygens (including phenoxy) is 1. The maximum absolute atomic E-state index is 12.1. The van der Waals surface area contributed by atoms with Crippen molar-refractivity contribution in [1.29, 1.82) is 0 Å². The summed E-state index contributed by atoms with van der Waals surface area (Å²) in [5, 5.41) is 19.6. The van der Waals surface area contributed by atoms with Gasteiger partial charge in [-0.15, -0.1) is 0 Å². The van der Waals surface area contributed by atoms with Crippen LogP contribution in [0.25, 0.3) is 0 Å². The first kappa shape index (κ1) is 19.5. The van der Waals surface area contributed by atoms with Crippen molar-refractivity contribution < 1.29 is 19.7 Å². The minimum atomic E-state index is -0.464. The molecule has 2 N–H and O–H groups in total. The van der Waals surface area contributed by atoms with Gasteiger partial charge in [-0.25, -0.2) is 4.79 Å². The van der Waals surface area contributed by atoms with E-state index in [1.165, 1.54) is 0 Å². The summed E-state index contributed by atoms with van der Waals surface area (Å²) in [4.78, 5) is 16.1. The molecule has 2 saturated heterocycles. The molecule has 0 aliphatic carbocycles. The van der Waals surface area contributed by atoms with Gasteiger partial charge in [0.25, 0.3) is 0 Å². The van der Waals surface area contributed by atoms with Crippen molar-refractivity contribution in [2.75, 3.05) is 39.3 Å². The molecule has 0 spiro atoms. The lowest BCUT2D eigenvalue weighted by Crippen LogP contribution is -2.45. The summed E-state index contributed by atoms with van der Waals surface area (Å²) in [6.07, 6.45) is 3.05. The van der Waals surface area contributed by atoms with Crippen molar-refractivity contribution in [3.63, 3.8) is 0 Å². The van der Waals surface area contributed by atoms with E-state index in [1.54, 1.807) is 4.90 Å². The maximum Gasteiger partial charge on any atom is 0.410 e. The molecule has 1 amide bonds. The number of hydrogen-bond donors (Lipinski definition) is 2. The van der Waals surface area contributed by atoms with Gasteiger partial charge in [-0.2, -0.15) is 0 Å². The van der Waals surface area contributed by atoms with E-state index < -0.39 is 5.60 Å². The Kier molecular flexibility index (Phi) is 6.89. The summed E-state index contributed by atoms with van der Waals surface area (Å²) in [5.74, 6) is 0.816. The molecule has 2 aliphatic heterocycles. The van der Waals surface area contributed by atoms with Crippen molar-refractivity contribution in [2.24, 2.45) is 11.8 Å². The molecule has 6 nitrogen and oxygen atoms in total. The number of hydrogen-bond acceptors (Lipinski definition) is 5. The van der Waals surface area contributed by atoms with Gasteiger partial charge in [-0.3, -0.25) is 0 Å². The molecule has 0 aromatic rings. The number of nitrogens with zero attached hydrogens (tertiary/aromatic N) is 2. The lowest BCUT2D eigenvalue weighted by Gasteiger charge is -2.36. The molecule has 0 aromatic carbocycles. The predicted octanol–water partition coefficient (Wildman–Crippen LogP) is 1.70. The Morgan fingerprint density at radius 3 is 2.46 bits per heavy atom. The lowest BCUT2D eigenvalue weighted by atomic mass is 9.91. The number of aliphatic hydroxyl groups is 2. The number of aliphatic hydroxyl groups excluding tert-OH is 2. The van der Waals surface area contributed by atoms with Crippen molar-refractivity contribution >= 4 is 6.09 Å². The van der Waals surface area contributed by atoms with Crippen LogP contribution >= 0.6 is 0 Å². The van der Waals surface area contributed by atoms with Crippen LogP contribution in [0.15, 0.2) is 0 Å². The van der Waals surface area contributed by atoms with Crippen LogP contribution < -0.4 is 0 Å². The molecule has 2 atom stereocenters. The summed E-state index contributed by atoms with van der Waals surface area (Å²) in [6, 6.07) is 0. The van der Waals surface area contributed by atoms with Gasteiger partial charge in [0.2, 0.25) is 0 Å². The van der Waals surface area contributed by atoms with Gasteiger partial charge in [-0.1, -0.05) is 0 Å². The largest absolute Gasteiger partial charge is 0.444 e. The summed E-state index contributed by atoms with van der Waals surface area (Å²) >= 11 is 0. The fraction of sp³-hybridized carbons (Fsp3) is 0.944. The molecule has 0 radical (unpaired) electrons. The van der Waals surface area contributed by atoms with Gasteiger partial charge in [0, 0.05) is 32.8 Å². The van der Waals surface area contributed by atoms with Gasteiger partial charge < -0.3 is 24.7 Å². The first-order chi connectivity index (χ1) is 11.3. The van der Waals surface area contributed by atoms with Gasteiger partial charge in [0.15, 0.2) is 0 Å². The molecule has 140 valence electrons. The number of β-amino-alcohol motifs (C(OH)–C–C–N with tert-alkyl or cyclic N) is 1. The Balaban J connectivity index is 1.71. The highest BCUT2D eigenvalue weighted by atomic mass is 16.6. The first-order valence-electron chi connectivity index (χ1n) is 9.27. The summed E-state index contributed by atoms with van der Waals surface area (Å²) < 4.78 is 5.41. The smallest absolute Gasteiger partial charge is 0.410 e. The zero-order valence-corrected chi connectivity index (χ0v) is 15.4. The average molecular weight is 342 g/mol. The predicted molar refractivity (Wildman–Crippen MR) is 92.8 cm³/mol. The number of carbonyl (C=O) groups excluding carboxylic acids is 1. The molecule has 2 heterocycles. The van der Waals surface area contributed by atoms with Crippen LogP contribution in [0.2, 0.25) is 0 Å². The SMILES string of the molecule is CC(C)(C)OC(=O)N1CCC([C@H](O)CN2CC[C@@H](CCO)C2)CC1. The fourth-order valence-corrected chi connectivity index (χ4v) is 3.70. The van der Waals surface area contributed by atoms with Crippen LogP contribution in [-0.2, 0) is 4.74 Å². The molecule has 6 heteroatoms. The summed E-state index contributed by atoms with van der Waals surface area (Å²) in [7, 11) is 0. The summed E-state index contributed by atoms with van der Waals surface area (Å²) in [6.45, 7) is 9.90. The molecular weight excluding hydrogens is 308 g/mol. The van der Waals surface area contributed by atoms with Crippen LogP contribution in [0.4, 0.5) is 4.79 Å². The lowest BCUT2D eigenvalue weighted by molar-refractivity contribution is 0.00314. The van der Waals surface area contributed by atoms with Gasteiger partial charge >= 0.3 is 6.09 Å². The van der Waals surface area contributed by atoms with E-state index >= 15 is 0 Å². The third-order valence-electron chi connectivity index (χ3n) is 5.09. The molecule has 0 unspecified atom stereocenters. The second kappa shape index (κ2) is 8.50. The zero-order chi connectivity index (χ0) is 17.7. The van der Waals surface area contributed by atoms with Gasteiger partial charge in [-0.05, 0) is 64.8 Å². The standard InChI is InChI=1S/C18H34N2O4/c1-18(2,3)24-17(23)20-9-5-15(6-10-20)16(22)13-19-8-4-14(12-19)7-11-21/h14-16,21-22H,4-13H2,1-3H3/t14-,16+/m0/s1. The zero-order valence-electron chi connectivity index (χ0n) is 15.4. The highest BCUT2D eigenvalue weighted by Crippen LogP contribution is 2.25. The summed E-state index contributed by atoms with van der Waals surface area (Å²) in [5.41, 5.74) is -0.464. The molecule has 0 bridgehead atoms. The van der Waals surface area contributed by atoms with Gasteiger partial charge in [0.05, 0.1) is 6.10 Å². The number of rotatable bonds is 5. The second-order valence-corrected chi connectivity index (χ2v) is 8.30. The van der Waals surface area contributed by atoms with E-state index in [0.29, 0.717) is 25.6 Å². The van der Waals surface area contributed by atoms with Crippen LogP contribution in [-0.4, -0.2) is 77.1 Å². The van der Waals surface area contributed by atoms with E-state index in [1.807, 2.05) is 20.8 Å². The monoisotopic (exact) mass is 342 g/mol. The van der Waals surface area contributed by atoms with Crippen molar-refractivity contribution in [2.45, 2.75) is 58.2 Å². The topological polar surface area (TPSA) is 73.2 Å². The van der Waals surface area contributed by atoms with Crippen molar-refractivity contribution in [3.8, 4) is 0 Å². The number of piperidine rings is 1. The van der Waals surface area contributed by atoms with Crippen LogP contribution in [0.1, 0.15) is 46.5 Å². The van der Waals surface area contributed by atoms with Crippen molar-refractivity contribution in [3.05, 3.63) is 0 Å². The Bertz CT molecular complexity index is 402. The molecular formula is C18H34N2O4. The minimum absolute atomic E-state index is 0.248. The third kappa shape index (κ3) is 5.90. The Labute approximate surface area is 145 Å². The third-order valence-corrected chi connectivity index (χ3v) is 5.09. The average Bonchev–Trinajstić information content (AvgIpc) is 2.93. The fourth-order valence-electron chi connectivity index (χ4n) is 3.70. The second-order valence-electron chi connectivity index (χ2n) is 8.30. The van der Waals surface area contributed by atoms with E-state index in [0.717, 1.165) is 38.8 Å². The Morgan fingerprint density at radius 1 is 1.21 bits per heavy atom. The molecule has 0 saturated carbocycles.